The van der Waals surface area contributed by atoms with Crippen LogP contribution in [0.3, 0.4) is 0 Å². The van der Waals surface area contributed by atoms with Crippen molar-refractivity contribution in [1.82, 2.24) is 25.0 Å². The number of aromatic nitrogens is 3. The van der Waals surface area contributed by atoms with Gasteiger partial charge in [-0.2, -0.15) is 5.10 Å². The molecule has 2 unspecified atom stereocenters. The molecule has 6 nitrogen and oxygen atoms in total. The molecule has 0 spiro atoms. The lowest BCUT2D eigenvalue weighted by Crippen LogP contribution is -2.45. The maximum atomic E-state index is 10.5. The summed E-state index contributed by atoms with van der Waals surface area (Å²) in [6.07, 6.45) is 7.35. The van der Waals surface area contributed by atoms with Crippen molar-refractivity contribution in [1.29, 1.82) is 0 Å². The van der Waals surface area contributed by atoms with Crippen LogP contribution >= 0.6 is 0 Å². The molecule has 0 saturated carbocycles. The van der Waals surface area contributed by atoms with Gasteiger partial charge in [0.25, 0.3) is 0 Å². The third kappa shape index (κ3) is 4.06. The van der Waals surface area contributed by atoms with Crippen LogP contribution in [0.2, 0.25) is 0 Å². The van der Waals surface area contributed by atoms with Crippen LogP contribution in [0.1, 0.15) is 50.9 Å². The van der Waals surface area contributed by atoms with Gasteiger partial charge in [-0.05, 0) is 51.2 Å². The molecular formula is C16H29N5O. The van der Waals surface area contributed by atoms with E-state index in [1.54, 1.807) is 6.33 Å². The topological polar surface area (TPSA) is 68.3 Å². The van der Waals surface area contributed by atoms with E-state index in [0.29, 0.717) is 0 Å². The summed E-state index contributed by atoms with van der Waals surface area (Å²) in [5.41, 5.74) is 0. The van der Waals surface area contributed by atoms with Gasteiger partial charge in [-0.15, -0.1) is 0 Å². The van der Waals surface area contributed by atoms with Crippen LogP contribution in [0.15, 0.2) is 6.33 Å². The zero-order valence-electron chi connectivity index (χ0n) is 13.6. The number of likely N-dealkylation sites (tertiary alicyclic amines) is 2. The van der Waals surface area contributed by atoms with Crippen molar-refractivity contribution >= 4 is 0 Å². The summed E-state index contributed by atoms with van der Waals surface area (Å²) >= 11 is 0. The van der Waals surface area contributed by atoms with E-state index in [2.05, 4.69) is 31.9 Å². The molecule has 2 fully saturated rings. The number of aliphatic hydroxyl groups excluding tert-OH is 1. The molecule has 6 heteroatoms. The van der Waals surface area contributed by atoms with Gasteiger partial charge in [0.05, 0.1) is 12.1 Å². The highest BCUT2D eigenvalue weighted by molar-refractivity contribution is 4.95. The first-order valence-corrected chi connectivity index (χ1v) is 8.72. The average Bonchev–Trinajstić information content (AvgIpc) is 3.04. The first kappa shape index (κ1) is 15.9. The summed E-state index contributed by atoms with van der Waals surface area (Å²) in [6, 6.07) is 0.285. The second-order valence-corrected chi connectivity index (χ2v) is 7.01. The van der Waals surface area contributed by atoms with Crippen molar-refractivity contribution in [2.24, 2.45) is 5.92 Å². The predicted octanol–water partition coefficient (Wildman–Crippen LogP) is 1.42. The van der Waals surface area contributed by atoms with Crippen LogP contribution in [0.25, 0.3) is 0 Å². The Balaban J connectivity index is 1.51. The van der Waals surface area contributed by atoms with Gasteiger partial charge in [-0.25, -0.2) is 4.98 Å². The fourth-order valence-electron chi connectivity index (χ4n) is 3.77. The molecule has 2 N–H and O–H groups in total. The van der Waals surface area contributed by atoms with Gasteiger partial charge in [0.1, 0.15) is 12.2 Å². The molecule has 22 heavy (non-hydrogen) atoms. The van der Waals surface area contributed by atoms with Crippen LogP contribution in [0.4, 0.5) is 0 Å². The van der Waals surface area contributed by atoms with Crippen molar-refractivity contribution in [3.05, 3.63) is 12.2 Å². The number of nitrogens with zero attached hydrogens (tertiary/aromatic N) is 4. The first-order chi connectivity index (χ1) is 10.7. The Bertz CT molecular complexity index is 430. The first-order valence-electron chi connectivity index (χ1n) is 8.72. The number of aromatic amines is 1. The number of H-pyrrole nitrogens is 1. The molecule has 0 aromatic carbocycles. The summed E-state index contributed by atoms with van der Waals surface area (Å²) in [4.78, 5) is 9.11. The van der Waals surface area contributed by atoms with Crippen LogP contribution in [-0.2, 0) is 0 Å². The Morgan fingerprint density at radius 3 is 2.77 bits per heavy atom. The lowest BCUT2D eigenvalue weighted by Gasteiger charge is -2.37. The highest BCUT2D eigenvalue weighted by Crippen LogP contribution is 2.28. The van der Waals surface area contributed by atoms with Gasteiger partial charge in [0, 0.05) is 13.1 Å². The largest absolute Gasteiger partial charge is 0.390 e. The van der Waals surface area contributed by atoms with E-state index in [0.717, 1.165) is 50.9 Å². The van der Waals surface area contributed by atoms with Crippen LogP contribution in [0.5, 0.6) is 0 Å². The fraction of sp³-hybridized carbons (Fsp3) is 0.875. The van der Waals surface area contributed by atoms with E-state index in [-0.39, 0.29) is 12.1 Å². The third-order valence-electron chi connectivity index (χ3n) is 5.15. The van der Waals surface area contributed by atoms with Gasteiger partial charge in [-0.1, -0.05) is 13.3 Å². The zero-order chi connectivity index (χ0) is 15.4. The van der Waals surface area contributed by atoms with Crippen LogP contribution < -0.4 is 0 Å². The number of hydrogen-bond acceptors (Lipinski definition) is 5. The Morgan fingerprint density at radius 2 is 2.05 bits per heavy atom. The standard InChI is InChI=1S/C16H29N5O/c1-13-5-8-20(9-6-13)10-14(22)11-21-7-3-2-4-15(21)16-17-12-18-19-16/h12-15,22H,2-11H2,1H3,(H,17,18,19). The lowest BCUT2D eigenvalue weighted by molar-refractivity contribution is 0.0347. The maximum Gasteiger partial charge on any atom is 0.141 e. The van der Waals surface area contributed by atoms with E-state index < -0.39 is 0 Å². The fourth-order valence-corrected chi connectivity index (χ4v) is 3.77. The van der Waals surface area contributed by atoms with Crippen molar-refractivity contribution in [2.75, 3.05) is 32.7 Å². The maximum absolute atomic E-state index is 10.5. The van der Waals surface area contributed by atoms with Gasteiger partial charge in [0.15, 0.2) is 0 Å². The number of aliphatic hydroxyl groups is 1. The van der Waals surface area contributed by atoms with Crippen LogP contribution in [-0.4, -0.2) is 68.9 Å². The molecule has 2 atom stereocenters. The molecule has 0 bridgehead atoms. The molecule has 124 valence electrons. The Labute approximate surface area is 132 Å². The Hall–Kier alpha value is -0.980. The summed E-state index contributed by atoms with van der Waals surface area (Å²) < 4.78 is 0. The minimum Gasteiger partial charge on any atom is -0.390 e. The van der Waals surface area contributed by atoms with Crippen molar-refractivity contribution < 1.29 is 5.11 Å². The highest BCUT2D eigenvalue weighted by Gasteiger charge is 2.28. The summed E-state index contributed by atoms with van der Waals surface area (Å²) in [7, 11) is 0. The molecule has 1 aromatic rings. The minimum absolute atomic E-state index is 0.281. The number of hydrogen-bond donors (Lipinski definition) is 2. The zero-order valence-corrected chi connectivity index (χ0v) is 13.6. The molecule has 3 heterocycles. The molecule has 2 aliphatic rings. The lowest BCUT2D eigenvalue weighted by atomic mass is 9.98. The van der Waals surface area contributed by atoms with Crippen molar-refractivity contribution in [3.8, 4) is 0 Å². The summed E-state index contributed by atoms with van der Waals surface area (Å²) in [6.45, 7) is 7.15. The smallest absolute Gasteiger partial charge is 0.141 e. The summed E-state index contributed by atoms with van der Waals surface area (Å²) in [5, 5.41) is 17.5. The normalized spacial score (nSPS) is 27.1. The third-order valence-corrected chi connectivity index (χ3v) is 5.15. The second-order valence-electron chi connectivity index (χ2n) is 7.01. The van der Waals surface area contributed by atoms with Gasteiger partial charge < -0.3 is 10.0 Å². The number of piperidine rings is 2. The van der Waals surface area contributed by atoms with Crippen molar-refractivity contribution in [2.45, 2.75) is 51.2 Å². The Kier molecular flexibility index (Phi) is 5.44. The molecule has 0 aliphatic carbocycles. The number of nitrogens with one attached hydrogen (secondary N) is 1. The molecule has 3 rings (SSSR count). The number of β-amino-alcohol motifs (C(OH)–C–C–N with tert-alkyl or cyclic N) is 1. The SMILES string of the molecule is CC1CCN(CC(O)CN2CCCCC2c2ncn[nH]2)CC1. The molecule has 0 amide bonds. The summed E-state index contributed by atoms with van der Waals surface area (Å²) in [5.74, 6) is 1.78. The second kappa shape index (κ2) is 7.53. The van der Waals surface area contributed by atoms with Gasteiger partial charge >= 0.3 is 0 Å². The molecular weight excluding hydrogens is 278 g/mol. The predicted molar refractivity (Wildman–Crippen MR) is 85.4 cm³/mol. The average molecular weight is 307 g/mol. The monoisotopic (exact) mass is 307 g/mol. The van der Waals surface area contributed by atoms with E-state index in [4.69, 9.17) is 0 Å². The van der Waals surface area contributed by atoms with Gasteiger partial charge in [0.2, 0.25) is 0 Å². The van der Waals surface area contributed by atoms with E-state index in [1.807, 2.05) is 0 Å². The quantitative estimate of drug-likeness (QED) is 0.861. The van der Waals surface area contributed by atoms with Gasteiger partial charge in [-0.3, -0.25) is 10.00 Å². The van der Waals surface area contributed by atoms with E-state index in [1.165, 1.54) is 25.7 Å². The van der Waals surface area contributed by atoms with E-state index in [9.17, 15) is 5.11 Å². The highest BCUT2D eigenvalue weighted by atomic mass is 16.3. The van der Waals surface area contributed by atoms with E-state index >= 15 is 0 Å². The van der Waals surface area contributed by atoms with Crippen LogP contribution in [0, 0.1) is 5.92 Å². The molecule has 2 saturated heterocycles. The molecule has 1 aromatic heterocycles. The number of rotatable bonds is 5. The van der Waals surface area contributed by atoms with Crippen molar-refractivity contribution in [3.63, 3.8) is 0 Å². The Morgan fingerprint density at radius 1 is 1.23 bits per heavy atom. The minimum atomic E-state index is -0.281. The molecule has 0 radical (unpaired) electrons. The molecule has 2 aliphatic heterocycles.